The van der Waals surface area contributed by atoms with Crippen molar-refractivity contribution in [2.75, 3.05) is 13.2 Å². The van der Waals surface area contributed by atoms with Gasteiger partial charge in [-0.05, 0) is 17.7 Å². The van der Waals surface area contributed by atoms with Gasteiger partial charge in [0.15, 0.2) is 11.5 Å². The number of hydrogen-bond acceptors (Lipinski definition) is 7. The number of benzene rings is 1. The summed E-state index contributed by atoms with van der Waals surface area (Å²) in [6.07, 6.45) is -0.764. The van der Waals surface area contributed by atoms with Crippen LogP contribution >= 0.6 is 15.9 Å². The minimum absolute atomic E-state index is 0.0946. The molecule has 2 fully saturated rings. The van der Waals surface area contributed by atoms with Gasteiger partial charge in [-0.3, -0.25) is 10.1 Å². The highest BCUT2D eigenvalue weighted by Gasteiger charge is 2.55. The summed E-state index contributed by atoms with van der Waals surface area (Å²) < 4.78 is 12.1. The van der Waals surface area contributed by atoms with Crippen molar-refractivity contribution >= 4 is 15.9 Å². The first-order valence-electron chi connectivity index (χ1n) is 7.70. The molecule has 8 nitrogen and oxygen atoms in total. The quantitative estimate of drug-likeness (QED) is 0.458. The van der Waals surface area contributed by atoms with Gasteiger partial charge >= 0.3 is 0 Å². The van der Waals surface area contributed by atoms with E-state index in [1.807, 2.05) is 6.07 Å². The molecule has 4 rings (SSSR count). The monoisotopic (exact) mass is 401 g/mol. The third-order valence-electron chi connectivity index (χ3n) is 4.86. The number of hydrogen-bond donors (Lipinski definition) is 1. The first kappa shape index (κ1) is 16.2. The largest absolute Gasteiger partial charge is 0.386 e. The molecule has 130 valence electrons. The number of nitrogens with zero attached hydrogens (tertiary/aromatic N) is 1. The Kier molecular flexibility index (Phi) is 4.00. The van der Waals surface area contributed by atoms with Crippen molar-refractivity contribution < 1.29 is 29.3 Å². The molecule has 0 amide bonds. The predicted molar refractivity (Wildman–Crippen MR) is 83.0 cm³/mol. The number of rotatable bonds is 2. The van der Waals surface area contributed by atoms with Gasteiger partial charge in [0.05, 0.1) is 19.1 Å². The molecule has 9 heteroatoms. The van der Waals surface area contributed by atoms with Crippen LogP contribution in [0, 0.1) is 10.1 Å². The maximum absolute atomic E-state index is 11.6. The van der Waals surface area contributed by atoms with Crippen molar-refractivity contribution in [1.82, 2.24) is 0 Å². The molecule has 3 unspecified atom stereocenters. The highest BCUT2D eigenvalue weighted by atomic mass is 79.9. The van der Waals surface area contributed by atoms with Crippen LogP contribution in [-0.4, -0.2) is 41.2 Å². The Morgan fingerprint density at radius 1 is 1.29 bits per heavy atom. The second kappa shape index (κ2) is 5.92. The Hall–Kier alpha value is -1.26. The lowest BCUT2D eigenvalue weighted by atomic mass is 9.75. The van der Waals surface area contributed by atoms with E-state index in [0.717, 1.165) is 10.0 Å². The molecule has 1 saturated carbocycles. The third kappa shape index (κ3) is 2.60. The molecule has 1 aliphatic carbocycles. The third-order valence-corrected chi connectivity index (χ3v) is 5.54. The van der Waals surface area contributed by atoms with Gasteiger partial charge in [-0.25, -0.2) is 0 Å². The van der Waals surface area contributed by atoms with E-state index in [1.54, 1.807) is 6.07 Å². The SMILES string of the molecule is O=[N+]([O-])C1C(O)CC2(CC1c1cc3c(cc1Br)COO3)OCCO2. The van der Waals surface area contributed by atoms with E-state index in [0.29, 0.717) is 37.6 Å². The second-order valence-electron chi connectivity index (χ2n) is 6.29. The number of halogens is 1. The molecule has 3 atom stereocenters. The summed E-state index contributed by atoms with van der Waals surface area (Å²) in [6.45, 7) is 1.17. The average Bonchev–Trinajstić information content (AvgIpc) is 3.14. The first-order chi connectivity index (χ1) is 11.5. The highest BCUT2D eigenvalue weighted by Crippen LogP contribution is 2.47. The molecule has 24 heavy (non-hydrogen) atoms. The maximum Gasteiger partial charge on any atom is 0.245 e. The smallest absolute Gasteiger partial charge is 0.245 e. The van der Waals surface area contributed by atoms with Crippen LogP contribution in [0.4, 0.5) is 0 Å². The normalized spacial score (nSPS) is 31.0. The van der Waals surface area contributed by atoms with E-state index in [2.05, 4.69) is 15.9 Å². The van der Waals surface area contributed by atoms with E-state index in [-0.39, 0.29) is 6.42 Å². The molecule has 2 heterocycles. The molecular weight excluding hydrogens is 386 g/mol. The fourth-order valence-corrected chi connectivity index (χ4v) is 4.49. The van der Waals surface area contributed by atoms with Gasteiger partial charge in [0.25, 0.3) is 0 Å². The first-order valence-corrected chi connectivity index (χ1v) is 8.50. The van der Waals surface area contributed by atoms with Crippen molar-refractivity contribution in [2.24, 2.45) is 0 Å². The Morgan fingerprint density at radius 2 is 2.04 bits per heavy atom. The average molecular weight is 402 g/mol. The van der Waals surface area contributed by atoms with Crippen molar-refractivity contribution in [1.29, 1.82) is 0 Å². The zero-order valence-corrected chi connectivity index (χ0v) is 14.2. The van der Waals surface area contributed by atoms with Crippen LogP contribution in [-0.2, 0) is 21.0 Å². The molecule has 0 bridgehead atoms. The van der Waals surface area contributed by atoms with Crippen LogP contribution in [0.25, 0.3) is 0 Å². The van der Waals surface area contributed by atoms with Gasteiger partial charge in [0, 0.05) is 27.8 Å². The van der Waals surface area contributed by atoms with Crippen molar-refractivity contribution in [3.8, 4) is 5.75 Å². The summed E-state index contributed by atoms with van der Waals surface area (Å²) in [4.78, 5) is 21.2. The van der Waals surface area contributed by atoms with E-state index >= 15 is 0 Å². The topological polar surface area (TPSA) is 100 Å². The van der Waals surface area contributed by atoms with Gasteiger partial charge in [-0.2, -0.15) is 4.89 Å². The van der Waals surface area contributed by atoms with Crippen LogP contribution in [0.2, 0.25) is 0 Å². The minimum Gasteiger partial charge on any atom is -0.386 e. The molecular formula is C15H16BrNO7. The Morgan fingerprint density at radius 3 is 2.75 bits per heavy atom. The van der Waals surface area contributed by atoms with Gasteiger partial charge in [0.2, 0.25) is 6.04 Å². The second-order valence-corrected chi connectivity index (χ2v) is 7.15. The van der Waals surface area contributed by atoms with Crippen LogP contribution in [0.1, 0.15) is 29.9 Å². The lowest BCUT2D eigenvalue weighted by molar-refractivity contribution is -0.546. The van der Waals surface area contributed by atoms with Crippen molar-refractivity contribution in [3.05, 3.63) is 37.8 Å². The predicted octanol–water partition coefficient (Wildman–Crippen LogP) is 1.90. The van der Waals surface area contributed by atoms with Crippen LogP contribution in [0.15, 0.2) is 16.6 Å². The standard InChI is InChI=1S/C15H16BrNO7/c16-11-3-8-7-23-24-13(8)4-9(11)10-5-15(21-1-2-22-15)6-12(18)14(10)17(19)20/h3-4,10,12,14,18H,1-2,5-7H2. The maximum atomic E-state index is 11.6. The summed E-state index contributed by atoms with van der Waals surface area (Å²) in [5, 5.41) is 22.0. The summed E-state index contributed by atoms with van der Waals surface area (Å²) >= 11 is 3.48. The highest BCUT2D eigenvalue weighted by molar-refractivity contribution is 9.10. The van der Waals surface area contributed by atoms with Gasteiger partial charge in [-0.1, -0.05) is 15.9 Å². The number of nitro groups is 1. The van der Waals surface area contributed by atoms with E-state index < -0.39 is 28.8 Å². The van der Waals surface area contributed by atoms with E-state index in [1.165, 1.54) is 0 Å². The summed E-state index contributed by atoms with van der Waals surface area (Å²) in [6, 6.07) is 2.42. The lowest BCUT2D eigenvalue weighted by Crippen LogP contribution is -2.52. The zero-order chi connectivity index (χ0) is 16.9. The minimum atomic E-state index is -1.16. The molecule has 1 aromatic rings. The fourth-order valence-electron chi connectivity index (χ4n) is 3.80. The molecule has 1 aromatic carbocycles. The van der Waals surface area contributed by atoms with E-state index in [9.17, 15) is 15.2 Å². The summed E-state index contributed by atoms with van der Waals surface area (Å²) in [5.74, 6) is -1.00. The molecule has 1 saturated heterocycles. The summed E-state index contributed by atoms with van der Waals surface area (Å²) in [7, 11) is 0. The Labute approximate surface area is 145 Å². The van der Waals surface area contributed by atoms with Crippen molar-refractivity contribution in [2.45, 2.75) is 43.3 Å². The van der Waals surface area contributed by atoms with Crippen molar-refractivity contribution in [3.63, 3.8) is 0 Å². The molecule has 3 aliphatic rings. The molecule has 1 spiro atoms. The Balaban J connectivity index is 1.76. The van der Waals surface area contributed by atoms with Crippen LogP contribution in [0.3, 0.4) is 0 Å². The van der Waals surface area contributed by atoms with Crippen LogP contribution in [0.5, 0.6) is 5.75 Å². The molecule has 0 radical (unpaired) electrons. The Bertz CT molecular complexity index is 676. The van der Waals surface area contributed by atoms with E-state index in [4.69, 9.17) is 19.2 Å². The molecule has 2 aliphatic heterocycles. The number of fused-ring (bicyclic) bond motifs is 1. The van der Waals surface area contributed by atoms with Gasteiger partial charge in [0.1, 0.15) is 12.7 Å². The van der Waals surface area contributed by atoms with Gasteiger partial charge in [-0.15, -0.1) is 0 Å². The number of aliphatic hydroxyl groups is 1. The lowest BCUT2D eigenvalue weighted by Gasteiger charge is -2.40. The number of aliphatic hydroxyl groups excluding tert-OH is 1. The fraction of sp³-hybridized carbons (Fsp3) is 0.600. The molecule has 1 N–H and O–H groups in total. The summed E-state index contributed by atoms with van der Waals surface area (Å²) in [5.41, 5.74) is 1.54. The molecule has 0 aromatic heterocycles. The number of ether oxygens (including phenoxy) is 2. The van der Waals surface area contributed by atoms with Gasteiger partial charge < -0.3 is 19.5 Å². The zero-order valence-electron chi connectivity index (χ0n) is 12.6. The van der Waals surface area contributed by atoms with Crippen LogP contribution < -0.4 is 4.89 Å².